The molecule has 48 heavy (non-hydrogen) atoms. The van der Waals surface area contributed by atoms with Crippen LogP contribution in [0.1, 0.15) is 5.56 Å². The number of fused-ring (bicyclic) bond motifs is 2. The molecule has 11 nitrogen and oxygen atoms in total. The van der Waals surface area contributed by atoms with Gasteiger partial charge in [0.1, 0.15) is 20.2 Å². The van der Waals surface area contributed by atoms with Crippen molar-refractivity contribution in [3.63, 3.8) is 0 Å². The third-order valence-electron chi connectivity index (χ3n) is 7.10. The number of aryl methyl sites for hydroxylation is 1. The maximum Gasteiger partial charge on any atom is 1.00 e. The Morgan fingerprint density at radius 2 is 1.17 bits per heavy atom. The van der Waals surface area contributed by atoms with E-state index in [4.69, 9.17) is 0 Å². The molecule has 0 saturated carbocycles. The molecule has 0 aliphatic carbocycles. The molecule has 6 aromatic rings. The first-order valence-electron chi connectivity index (χ1n) is 13.7. The first-order chi connectivity index (χ1) is 22.0. The fourth-order valence-electron chi connectivity index (χ4n) is 4.89. The van der Waals surface area contributed by atoms with Gasteiger partial charge in [-0.15, -0.1) is 15.3 Å². The van der Waals surface area contributed by atoms with Gasteiger partial charge in [-0.2, -0.15) is 5.11 Å². The normalized spacial score (nSPS) is 11.9. The second kappa shape index (κ2) is 15.5. The average Bonchev–Trinajstić information content (AvgIpc) is 3.03. The van der Waals surface area contributed by atoms with Crippen LogP contribution in [0.4, 0.5) is 34.1 Å². The number of rotatable bonds is 8. The summed E-state index contributed by atoms with van der Waals surface area (Å²) in [5.41, 5.74) is 3.57. The third-order valence-corrected chi connectivity index (χ3v) is 8.82. The zero-order chi connectivity index (χ0) is 32.5. The van der Waals surface area contributed by atoms with Crippen molar-refractivity contribution < 1.29 is 85.1 Å². The van der Waals surface area contributed by atoms with Crippen molar-refractivity contribution in [2.45, 2.75) is 16.7 Å². The minimum absolute atomic E-state index is 0. The van der Waals surface area contributed by atoms with Crippen LogP contribution in [0.25, 0.3) is 21.5 Å². The van der Waals surface area contributed by atoms with E-state index in [9.17, 15) is 25.9 Å². The Balaban J connectivity index is 0.00000260. The van der Waals surface area contributed by atoms with Gasteiger partial charge in [-0.25, -0.2) is 16.8 Å². The van der Waals surface area contributed by atoms with Gasteiger partial charge in [0.25, 0.3) is 0 Å². The standard InChI is InChI=1S/C33H25N5O6S2.2Na/c1-21-10-12-22(13-11-21)34-31-9-5-8-26-29(18-19-32(33(26)31)46(42,43)44)38-37-28-16-17-30(36-35-23-6-3-2-4-7-23)27-20-24(45(39,40)41)14-15-25(27)28;;/h2-20,34H,1H3,(H,39,40,41)(H,42,43,44);;/q;2*+1/p-2. The van der Waals surface area contributed by atoms with Crippen LogP contribution >= 0.6 is 0 Å². The maximum atomic E-state index is 12.3. The summed E-state index contributed by atoms with van der Waals surface area (Å²) in [7, 11) is -9.64. The van der Waals surface area contributed by atoms with E-state index in [2.05, 4.69) is 25.8 Å². The first kappa shape index (κ1) is 37.5. The van der Waals surface area contributed by atoms with Crippen molar-refractivity contribution >= 4 is 75.9 Å². The molecule has 0 heterocycles. The van der Waals surface area contributed by atoms with Crippen molar-refractivity contribution in [1.29, 1.82) is 0 Å². The molecule has 1 N–H and O–H groups in total. The van der Waals surface area contributed by atoms with Gasteiger partial charge in [0.15, 0.2) is 0 Å². The van der Waals surface area contributed by atoms with E-state index in [1.54, 1.807) is 54.6 Å². The van der Waals surface area contributed by atoms with Crippen LogP contribution in [0, 0.1) is 6.92 Å². The monoisotopic (exact) mass is 695 g/mol. The molecule has 0 amide bonds. The number of azo groups is 2. The largest absolute Gasteiger partial charge is 1.00 e. The summed E-state index contributed by atoms with van der Waals surface area (Å²) < 4.78 is 72.3. The number of hydrogen-bond donors (Lipinski definition) is 1. The van der Waals surface area contributed by atoms with Crippen molar-refractivity contribution in [2.24, 2.45) is 20.5 Å². The van der Waals surface area contributed by atoms with Gasteiger partial charge in [-0.05, 0) is 73.7 Å². The summed E-state index contributed by atoms with van der Waals surface area (Å²) in [6.07, 6.45) is 0. The molecule has 6 rings (SSSR count). The number of hydrogen-bond acceptors (Lipinski definition) is 11. The molecular weight excluding hydrogens is 673 g/mol. The van der Waals surface area contributed by atoms with Gasteiger partial charge in [-0.1, -0.05) is 54.1 Å². The fraction of sp³-hybridized carbons (Fsp3) is 0.0303. The maximum absolute atomic E-state index is 12.3. The fourth-order valence-corrected chi connectivity index (χ4v) is 6.09. The Morgan fingerprint density at radius 1 is 0.562 bits per heavy atom. The molecule has 0 bridgehead atoms. The third kappa shape index (κ3) is 8.44. The van der Waals surface area contributed by atoms with E-state index in [0.717, 1.165) is 5.56 Å². The van der Waals surface area contributed by atoms with Crippen LogP contribution in [-0.2, 0) is 20.2 Å². The minimum Gasteiger partial charge on any atom is -0.744 e. The van der Waals surface area contributed by atoms with E-state index in [0.29, 0.717) is 44.6 Å². The van der Waals surface area contributed by atoms with Crippen LogP contribution < -0.4 is 64.4 Å². The number of benzene rings is 6. The van der Waals surface area contributed by atoms with Gasteiger partial charge < -0.3 is 14.4 Å². The van der Waals surface area contributed by atoms with Crippen LogP contribution in [0.2, 0.25) is 0 Å². The summed E-state index contributed by atoms with van der Waals surface area (Å²) in [6.45, 7) is 1.94. The van der Waals surface area contributed by atoms with Gasteiger partial charge in [0, 0.05) is 32.9 Å². The SMILES string of the molecule is Cc1ccc(Nc2cccc3c(N=Nc4ccc(N=Nc5ccccc5)c5cc(S(=O)(=O)[O-])ccc45)ccc(S(=O)(=O)[O-])c23)cc1.[Na+].[Na+]. The predicted molar refractivity (Wildman–Crippen MR) is 173 cm³/mol. The number of nitrogens with zero attached hydrogens (tertiary/aromatic N) is 4. The molecular formula is C33H23N5Na2O6S2. The van der Waals surface area contributed by atoms with Gasteiger partial charge >= 0.3 is 59.1 Å². The average molecular weight is 696 g/mol. The smallest absolute Gasteiger partial charge is 0.744 e. The molecule has 0 spiro atoms. The van der Waals surface area contributed by atoms with E-state index in [1.165, 1.54) is 30.3 Å². The Hall–Kier alpha value is -3.34. The Labute approximate surface area is 321 Å². The molecule has 0 aliphatic heterocycles. The van der Waals surface area contributed by atoms with Crippen molar-refractivity contribution in [3.8, 4) is 0 Å². The van der Waals surface area contributed by atoms with E-state index in [1.807, 2.05) is 37.3 Å². The number of nitrogens with one attached hydrogen (secondary N) is 1. The molecule has 0 radical (unpaired) electrons. The second-order valence-electron chi connectivity index (χ2n) is 10.3. The van der Waals surface area contributed by atoms with E-state index < -0.39 is 30.0 Å². The molecule has 15 heteroatoms. The second-order valence-corrected chi connectivity index (χ2v) is 13.0. The Morgan fingerprint density at radius 3 is 1.81 bits per heavy atom. The summed E-state index contributed by atoms with van der Waals surface area (Å²) in [4.78, 5) is -0.860. The van der Waals surface area contributed by atoms with E-state index in [-0.39, 0.29) is 70.2 Å². The molecule has 0 unspecified atom stereocenters. The van der Waals surface area contributed by atoms with Gasteiger partial charge in [-0.3, -0.25) is 0 Å². The Kier molecular flexibility index (Phi) is 12.1. The van der Waals surface area contributed by atoms with Gasteiger partial charge in [0.05, 0.1) is 32.5 Å². The van der Waals surface area contributed by atoms with Gasteiger partial charge in [0.2, 0.25) is 0 Å². The molecule has 0 atom stereocenters. The molecule has 230 valence electrons. The Bertz CT molecular complexity index is 2410. The first-order valence-corrected chi connectivity index (χ1v) is 16.6. The topological polar surface area (TPSA) is 176 Å². The van der Waals surface area contributed by atoms with Crippen molar-refractivity contribution in [2.75, 3.05) is 5.32 Å². The minimum atomic E-state index is -4.87. The number of anilines is 2. The molecule has 0 aliphatic rings. The quantitative estimate of drug-likeness (QED) is 0.145. The predicted octanol–water partition coefficient (Wildman–Crippen LogP) is 2.69. The molecule has 6 aromatic carbocycles. The van der Waals surface area contributed by atoms with Crippen LogP contribution in [-0.4, -0.2) is 25.9 Å². The van der Waals surface area contributed by atoms with Crippen molar-refractivity contribution in [3.05, 3.63) is 121 Å². The zero-order valence-corrected chi connectivity index (χ0v) is 31.7. The summed E-state index contributed by atoms with van der Waals surface area (Å²) in [5.74, 6) is 0. The molecule has 0 aromatic heterocycles. The van der Waals surface area contributed by atoms with E-state index >= 15 is 0 Å². The van der Waals surface area contributed by atoms with Crippen LogP contribution in [0.3, 0.4) is 0 Å². The van der Waals surface area contributed by atoms with Crippen LogP contribution in [0.5, 0.6) is 0 Å². The summed E-state index contributed by atoms with van der Waals surface area (Å²) in [5, 5.41) is 21.7. The molecule has 0 fully saturated rings. The summed E-state index contributed by atoms with van der Waals surface area (Å²) >= 11 is 0. The summed E-state index contributed by atoms with van der Waals surface area (Å²) in [6, 6.07) is 30.9. The molecule has 0 saturated heterocycles. The van der Waals surface area contributed by atoms with Crippen LogP contribution in [0.15, 0.2) is 146 Å². The zero-order valence-electron chi connectivity index (χ0n) is 26.0. The van der Waals surface area contributed by atoms with Crippen molar-refractivity contribution in [1.82, 2.24) is 0 Å².